The second kappa shape index (κ2) is 5.54. The van der Waals surface area contributed by atoms with Gasteiger partial charge in [0, 0.05) is 31.4 Å². The van der Waals surface area contributed by atoms with Crippen molar-refractivity contribution in [1.29, 1.82) is 0 Å². The van der Waals surface area contributed by atoms with Crippen LogP contribution in [0.15, 0.2) is 42.7 Å². The van der Waals surface area contributed by atoms with E-state index < -0.39 is 0 Å². The van der Waals surface area contributed by atoms with E-state index in [2.05, 4.69) is 37.2 Å². The predicted molar refractivity (Wildman–Crippen MR) is 84.4 cm³/mol. The lowest BCUT2D eigenvalue weighted by atomic mass is 10.1. The highest BCUT2D eigenvalue weighted by molar-refractivity contribution is 6.29. The first-order chi connectivity index (χ1) is 10.1. The minimum Gasteiger partial charge on any atom is -0.378 e. The quantitative estimate of drug-likeness (QED) is 0.754. The van der Waals surface area contributed by atoms with E-state index in [0.29, 0.717) is 5.15 Å². The third-order valence-corrected chi connectivity index (χ3v) is 3.37. The third kappa shape index (κ3) is 2.87. The van der Waals surface area contributed by atoms with Crippen LogP contribution in [0.5, 0.6) is 0 Å². The Morgan fingerprint density at radius 1 is 1.00 bits per heavy atom. The molecule has 0 aliphatic rings. The molecule has 1 N–H and O–H groups in total. The molecule has 0 aliphatic heterocycles. The number of aromatic amines is 1. The maximum absolute atomic E-state index is 5.88. The standard InChI is InChI=1S/C15H14ClN5/c1-21(2)11-5-3-10(4-6-11)12-7-14(20-19-12)13-8-15(16)18-9-17-13/h3-9H,1-2H3,(H,19,20). The zero-order valence-corrected chi connectivity index (χ0v) is 12.5. The molecule has 0 aliphatic carbocycles. The first kappa shape index (κ1) is 13.6. The van der Waals surface area contributed by atoms with E-state index in [4.69, 9.17) is 11.6 Å². The van der Waals surface area contributed by atoms with Gasteiger partial charge in [-0.05, 0) is 18.2 Å². The van der Waals surface area contributed by atoms with Gasteiger partial charge in [-0.2, -0.15) is 5.10 Å². The predicted octanol–water partition coefficient (Wildman–Crippen LogP) is 3.25. The SMILES string of the molecule is CN(C)c1ccc(-c2cc(-c3cc(Cl)ncn3)[nH]n2)cc1. The Labute approximate surface area is 127 Å². The van der Waals surface area contributed by atoms with Crippen LogP contribution in [0.1, 0.15) is 0 Å². The summed E-state index contributed by atoms with van der Waals surface area (Å²) in [5.74, 6) is 0. The zero-order valence-electron chi connectivity index (χ0n) is 11.7. The van der Waals surface area contributed by atoms with Gasteiger partial charge in [0.05, 0.1) is 17.1 Å². The van der Waals surface area contributed by atoms with Gasteiger partial charge < -0.3 is 4.90 Å². The average Bonchev–Trinajstić information content (AvgIpc) is 2.97. The number of benzene rings is 1. The molecule has 1 aromatic carbocycles. The largest absolute Gasteiger partial charge is 0.378 e. The van der Waals surface area contributed by atoms with Crippen molar-refractivity contribution in [2.75, 3.05) is 19.0 Å². The molecule has 0 bridgehead atoms. The Balaban J connectivity index is 1.91. The minimum atomic E-state index is 0.409. The van der Waals surface area contributed by atoms with Gasteiger partial charge in [-0.25, -0.2) is 9.97 Å². The van der Waals surface area contributed by atoms with Gasteiger partial charge in [0.1, 0.15) is 11.5 Å². The smallest absolute Gasteiger partial charge is 0.133 e. The normalized spacial score (nSPS) is 10.6. The van der Waals surface area contributed by atoms with E-state index in [1.165, 1.54) is 6.33 Å². The van der Waals surface area contributed by atoms with Gasteiger partial charge in [0.15, 0.2) is 0 Å². The van der Waals surface area contributed by atoms with Crippen LogP contribution in [0.2, 0.25) is 5.15 Å². The van der Waals surface area contributed by atoms with E-state index >= 15 is 0 Å². The molecule has 3 aromatic rings. The molecule has 21 heavy (non-hydrogen) atoms. The highest BCUT2D eigenvalue weighted by Gasteiger charge is 2.08. The van der Waals surface area contributed by atoms with E-state index in [1.807, 2.05) is 32.3 Å². The Kier molecular flexibility index (Phi) is 3.58. The number of rotatable bonds is 3. The molecular weight excluding hydrogens is 286 g/mol. The number of nitrogens with one attached hydrogen (secondary N) is 1. The fourth-order valence-electron chi connectivity index (χ4n) is 2.01. The Morgan fingerprint density at radius 2 is 1.76 bits per heavy atom. The van der Waals surface area contributed by atoms with Crippen LogP contribution in [-0.2, 0) is 0 Å². The van der Waals surface area contributed by atoms with Crippen LogP contribution in [0.4, 0.5) is 5.69 Å². The summed E-state index contributed by atoms with van der Waals surface area (Å²) < 4.78 is 0. The van der Waals surface area contributed by atoms with Gasteiger partial charge in [-0.3, -0.25) is 5.10 Å². The molecule has 0 saturated carbocycles. The van der Waals surface area contributed by atoms with Gasteiger partial charge in [0.2, 0.25) is 0 Å². The molecule has 0 unspecified atom stereocenters. The molecule has 5 nitrogen and oxygen atoms in total. The van der Waals surface area contributed by atoms with Crippen LogP contribution in [0.3, 0.4) is 0 Å². The van der Waals surface area contributed by atoms with Crippen LogP contribution < -0.4 is 4.90 Å². The maximum Gasteiger partial charge on any atom is 0.133 e. The fraction of sp³-hybridized carbons (Fsp3) is 0.133. The van der Waals surface area contributed by atoms with E-state index in [0.717, 1.165) is 28.3 Å². The molecule has 6 heteroatoms. The first-order valence-corrected chi connectivity index (χ1v) is 6.82. The van der Waals surface area contributed by atoms with Gasteiger partial charge >= 0.3 is 0 Å². The Morgan fingerprint density at radius 3 is 2.43 bits per heavy atom. The number of aromatic nitrogens is 4. The van der Waals surface area contributed by atoms with Gasteiger partial charge in [0.25, 0.3) is 0 Å². The summed E-state index contributed by atoms with van der Waals surface area (Å²) in [5.41, 5.74) is 4.59. The lowest BCUT2D eigenvalue weighted by molar-refractivity contribution is 1.08. The summed E-state index contributed by atoms with van der Waals surface area (Å²) in [7, 11) is 4.03. The highest BCUT2D eigenvalue weighted by Crippen LogP contribution is 2.25. The molecule has 0 spiro atoms. The number of hydrogen-bond acceptors (Lipinski definition) is 4. The van der Waals surface area contributed by atoms with Crippen molar-refractivity contribution in [3.8, 4) is 22.6 Å². The van der Waals surface area contributed by atoms with Crippen molar-refractivity contribution < 1.29 is 0 Å². The molecule has 106 valence electrons. The van der Waals surface area contributed by atoms with Crippen molar-refractivity contribution in [1.82, 2.24) is 20.2 Å². The molecule has 0 saturated heterocycles. The van der Waals surface area contributed by atoms with Crippen molar-refractivity contribution >= 4 is 17.3 Å². The number of hydrogen-bond donors (Lipinski definition) is 1. The Bertz CT molecular complexity index is 749. The molecule has 3 rings (SSSR count). The van der Waals surface area contributed by atoms with Crippen molar-refractivity contribution in [3.05, 3.63) is 47.9 Å². The molecule has 0 amide bonds. The molecule has 0 fully saturated rings. The molecule has 0 radical (unpaired) electrons. The Hall–Kier alpha value is -2.40. The lowest BCUT2D eigenvalue weighted by Crippen LogP contribution is -2.07. The summed E-state index contributed by atoms with van der Waals surface area (Å²) >= 11 is 5.88. The number of anilines is 1. The van der Waals surface area contributed by atoms with Crippen LogP contribution in [-0.4, -0.2) is 34.3 Å². The number of H-pyrrole nitrogens is 1. The fourth-order valence-corrected chi connectivity index (χ4v) is 2.16. The second-order valence-electron chi connectivity index (χ2n) is 4.83. The molecule has 2 heterocycles. The zero-order chi connectivity index (χ0) is 14.8. The van der Waals surface area contributed by atoms with Crippen molar-refractivity contribution in [2.45, 2.75) is 0 Å². The number of halogens is 1. The van der Waals surface area contributed by atoms with Crippen LogP contribution in [0.25, 0.3) is 22.6 Å². The summed E-state index contributed by atoms with van der Waals surface area (Å²) in [6, 6.07) is 11.9. The van der Waals surface area contributed by atoms with Crippen LogP contribution in [0, 0.1) is 0 Å². The minimum absolute atomic E-state index is 0.409. The van der Waals surface area contributed by atoms with Crippen LogP contribution >= 0.6 is 11.6 Å². The lowest BCUT2D eigenvalue weighted by Gasteiger charge is -2.11. The topological polar surface area (TPSA) is 57.7 Å². The third-order valence-electron chi connectivity index (χ3n) is 3.17. The molecule has 0 atom stereocenters. The summed E-state index contributed by atoms with van der Waals surface area (Å²) in [5, 5.41) is 7.71. The number of nitrogens with zero attached hydrogens (tertiary/aromatic N) is 4. The molecular formula is C15H14ClN5. The van der Waals surface area contributed by atoms with E-state index in [9.17, 15) is 0 Å². The van der Waals surface area contributed by atoms with Crippen molar-refractivity contribution in [3.63, 3.8) is 0 Å². The van der Waals surface area contributed by atoms with Crippen molar-refractivity contribution in [2.24, 2.45) is 0 Å². The van der Waals surface area contributed by atoms with E-state index in [1.54, 1.807) is 6.07 Å². The summed E-state index contributed by atoms with van der Waals surface area (Å²) in [4.78, 5) is 10.1. The monoisotopic (exact) mass is 299 g/mol. The van der Waals surface area contributed by atoms with Gasteiger partial charge in [-0.15, -0.1) is 0 Å². The average molecular weight is 300 g/mol. The van der Waals surface area contributed by atoms with E-state index in [-0.39, 0.29) is 0 Å². The highest BCUT2D eigenvalue weighted by atomic mass is 35.5. The molecule has 2 aromatic heterocycles. The maximum atomic E-state index is 5.88. The first-order valence-electron chi connectivity index (χ1n) is 6.44. The second-order valence-corrected chi connectivity index (χ2v) is 5.22. The summed E-state index contributed by atoms with van der Waals surface area (Å²) in [6.45, 7) is 0. The van der Waals surface area contributed by atoms with Gasteiger partial charge in [-0.1, -0.05) is 23.7 Å². The summed E-state index contributed by atoms with van der Waals surface area (Å²) in [6.07, 6.45) is 1.43.